The van der Waals surface area contributed by atoms with Crippen LogP contribution in [0.1, 0.15) is 10.4 Å². The fraction of sp³-hybridized carbons (Fsp3) is 0. The fourth-order valence-corrected chi connectivity index (χ4v) is 2.33. The van der Waals surface area contributed by atoms with Crippen molar-refractivity contribution in [3.63, 3.8) is 0 Å². The zero-order valence-corrected chi connectivity index (χ0v) is 13.2. The standard InChI is InChI=1S/C12H6Br2ClFN2O/c13-6-3-8(11(15)17-5-6)12(19)18-10-2-1-7(16)4-9(10)14/h1-5H,(H,18,19). The number of pyridine rings is 1. The second-order valence-electron chi connectivity index (χ2n) is 3.57. The first-order valence-corrected chi connectivity index (χ1v) is 7.01. The molecule has 7 heteroatoms. The van der Waals surface area contributed by atoms with Crippen molar-refractivity contribution < 1.29 is 9.18 Å². The molecule has 1 aromatic carbocycles. The zero-order valence-electron chi connectivity index (χ0n) is 9.25. The summed E-state index contributed by atoms with van der Waals surface area (Å²) in [6.07, 6.45) is 1.49. The fourth-order valence-electron chi connectivity index (χ4n) is 1.36. The molecule has 1 aromatic heterocycles. The lowest BCUT2D eigenvalue weighted by atomic mass is 10.2. The van der Waals surface area contributed by atoms with Gasteiger partial charge in [0.2, 0.25) is 0 Å². The predicted octanol–water partition coefficient (Wildman–Crippen LogP) is 4.65. The zero-order chi connectivity index (χ0) is 14.0. The molecule has 0 bridgehead atoms. The quantitative estimate of drug-likeness (QED) is 0.735. The highest BCUT2D eigenvalue weighted by Gasteiger charge is 2.13. The lowest BCUT2D eigenvalue weighted by molar-refractivity contribution is 0.102. The normalized spacial score (nSPS) is 10.3. The number of hydrogen-bond donors (Lipinski definition) is 1. The number of hydrogen-bond acceptors (Lipinski definition) is 2. The number of anilines is 1. The van der Waals surface area contributed by atoms with E-state index in [9.17, 15) is 9.18 Å². The van der Waals surface area contributed by atoms with E-state index >= 15 is 0 Å². The van der Waals surface area contributed by atoms with Crippen LogP contribution in [0.3, 0.4) is 0 Å². The van der Waals surface area contributed by atoms with Gasteiger partial charge in [-0.3, -0.25) is 4.79 Å². The van der Waals surface area contributed by atoms with Gasteiger partial charge in [0.1, 0.15) is 11.0 Å². The first-order chi connectivity index (χ1) is 8.97. The summed E-state index contributed by atoms with van der Waals surface area (Å²) in [7, 11) is 0. The molecule has 2 aromatic rings. The Balaban J connectivity index is 2.28. The molecule has 0 radical (unpaired) electrons. The van der Waals surface area contributed by atoms with E-state index in [4.69, 9.17) is 11.6 Å². The van der Waals surface area contributed by atoms with Crippen LogP contribution in [0.5, 0.6) is 0 Å². The highest BCUT2D eigenvalue weighted by atomic mass is 79.9. The average molecular weight is 408 g/mol. The number of benzene rings is 1. The topological polar surface area (TPSA) is 42.0 Å². The van der Waals surface area contributed by atoms with Crippen LogP contribution in [0.25, 0.3) is 0 Å². The summed E-state index contributed by atoms with van der Waals surface area (Å²) in [5, 5.41) is 2.72. The molecule has 0 saturated heterocycles. The Morgan fingerprint density at radius 3 is 2.74 bits per heavy atom. The van der Waals surface area contributed by atoms with Crippen molar-refractivity contribution in [1.29, 1.82) is 0 Å². The number of halogens is 4. The number of amides is 1. The van der Waals surface area contributed by atoms with Crippen molar-refractivity contribution in [3.8, 4) is 0 Å². The summed E-state index contributed by atoms with van der Waals surface area (Å²) in [5.74, 6) is -0.821. The van der Waals surface area contributed by atoms with Gasteiger partial charge in [-0.15, -0.1) is 0 Å². The molecule has 0 atom stereocenters. The third-order valence-corrected chi connectivity index (χ3v) is 3.62. The van der Waals surface area contributed by atoms with Crippen molar-refractivity contribution in [2.45, 2.75) is 0 Å². The minimum atomic E-state index is -0.425. The van der Waals surface area contributed by atoms with E-state index < -0.39 is 11.7 Å². The van der Waals surface area contributed by atoms with Gasteiger partial charge in [0, 0.05) is 15.1 Å². The molecule has 1 N–H and O–H groups in total. The lowest BCUT2D eigenvalue weighted by Gasteiger charge is -2.08. The molecule has 98 valence electrons. The van der Waals surface area contributed by atoms with Crippen molar-refractivity contribution >= 4 is 55.1 Å². The van der Waals surface area contributed by atoms with Crippen molar-refractivity contribution in [1.82, 2.24) is 4.98 Å². The molecule has 0 unspecified atom stereocenters. The number of carbonyl (C=O) groups is 1. The lowest BCUT2D eigenvalue weighted by Crippen LogP contribution is -2.13. The minimum absolute atomic E-state index is 0.0962. The molecular formula is C12H6Br2ClFN2O. The Kier molecular flexibility index (Phi) is 4.54. The maximum absolute atomic E-state index is 12.9. The van der Waals surface area contributed by atoms with Crippen LogP contribution in [-0.4, -0.2) is 10.9 Å². The van der Waals surface area contributed by atoms with Crippen LogP contribution in [0.15, 0.2) is 39.4 Å². The van der Waals surface area contributed by atoms with Gasteiger partial charge in [-0.2, -0.15) is 0 Å². The molecule has 1 amide bonds. The third kappa shape index (κ3) is 3.52. The van der Waals surface area contributed by atoms with E-state index in [2.05, 4.69) is 42.2 Å². The van der Waals surface area contributed by atoms with Gasteiger partial charge in [-0.05, 0) is 56.1 Å². The second-order valence-corrected chi connectivity index (χ2v) is 5.70. The highest BCUT2D eigenvalue weighted by molar-refractivity contribution is 9.10. The van der Waals surface area contributed by atoms with Crippen LogP contribution in [0.4, 0.5) is 10.1 Å². The number of aromatic nitrogens is 1. The summed E-state index contributed by atoms with van der Waals surface area (Å²) in [6, 6.07) is 5.52. The summed E-state index contributed by atoms with van der Waals surface area (Å²) in [6.45, 7) is 0. The van der Waals surface area contributed by atoms with Crippen LogP contribution >= 0.6 is 43.5 Å². The van der Waals surface area contributed by atoms with Crippen molar-refractivity contribution in [3.05, 3.63) is 55.9 Å². The van der Waals surface area contributed by atoms with Gasteiger partial charge in [-0.25, -0.2) is 9.37 Å². The summed E-state index contributed by atoms with van der Waals surface area (Å²) < 4.78 is 14.0. The third-order valence-electron chi connectivity index (χ3n) is 2.23. The van der Waals surface area contributed by atoms with Gasteiger partial charge < -0.3 is 5.32 Å². The van der Waals surface area contributed by atoms with E-state index in [-0.39, 0.29) is 10.7 Å². The van der Waals surface area contributed by atoms with Gasteiger partial charge in [0.05, 0.1) is 11.3 Å². The molecule has 2 rings (SSSR count). The molecule has 0 aliphatic carbocycles. The van der Waals surface area contributed by atoms with Gasteiger partial charge >= 0.3 is 0 Å². The van der Waals surface area contributed by atoms with Crippen LogP contribution in [0.2, 0.25) is 5.15 Å². The van der Waals surface area contributed by atoms with E-state index in [1.54, 1.807) is 6.07 Å². The molecule has 0 fully saturated rings. The number of rotatable bonds is 2. The molecule has 0 aliphatic rings. The monoisotopic (exact) mass is 406 g/mol. The molecule has 1 heterocycles. The van der Waals surface area contributed by atoms with E-state index in [1.807, 2.05) is 0 Å². The van der Waals surface area contributed by atoms with Gasteiger partial charge in [0.15, 0.2) is 0 Å². The van der Waals surface area contributed by atoms with E-state index in [1.165, 1.54) is 24.4 Å². The maximum atomic E-state index is 12.9. The highest BCUT2D eigenvalue weighted by Crippen LogP contribution is 2.25. The number of carbonyl (C=O) groups excluding carboxylic acids is 1. The first-order valence-electron chi connectivity index (χ1n) is 5.05. The summed E-state index contributed by atoms with van der Waals surface area (Å²) in [4.78, 5) is 15.9. The first kappa shape index (κ1) is 14.4. The smallest absolute Gasteiger partial charge is 0.258 e. The molecule has 0 spiro atoms. The summed E-state index contributed by atoms with van der Waals surface area (Å²) in [5.41, 5.74) is 0.676. The Morgan fingerprint density at radius 2 is 2.05 bits per heavy atom. The Morgan fingerprint density at radius 1 is 1.32 bits per heavy atom. The molecule has 3 nitrogen and oxygen atoms in total. The average Bonchev–Trinajstić information content (AvgIpc) is 2.35. The molecule has 19 heavy (non-hydrogen) atoms. The number of nitrogens with zero attached hydrogens (tertiary/aromatic N) is 1. The SMILES string of the molecule is O=C(Nc1ccc(F)cc1Br)c1cc(Br)cnc1Cl. The number of nitrogens with one attached hydrogen (secondary N) is 1. The van der Waals surface area contributed by atoms with Gasteiger partial charge in [-0.1, -0.05) is 11.6 Å². The van der Waals surface area contributed by atoms with Crippen molar-refractivity contribution in [2.75, 3.05) is 5.32 Å². The minimum Gasteiger partial charge on any atom is -0.321 e. The maximum Gasteiger partial charge on any atom is 0.258 e. The van der Waals surface area contributed by atoms with E-state index in [0.717, 1.165) is 0 Å². The van der Waals surface area contributed by atoms with Crippen LogP contribution in [0, 0.1) is 5.82 Å². The van der Waals surface area contributed by atoms with Gasteiger partial charge in [0.25, 0.3) is 5.91 Å². The Labute approximate surface area is 130 Å². The molecule has 0 aliphatic heterocycles. The van der Waals surface area contributed by atoms with Crippen LogP contribution < -0.4 is 5.32 Å². The Hall–Kier alpha value is -0.980. The van der Waals surface area contributed by atoms with Crippen molar-refractivity contribution in [2.24, 2.45) is 0 Å². The second kappa shape index (κ2) is 5.98. The summed E-state index contributed by atoms with van der Waals surface area (Å²) >= 11 is 12.2. The predicted molar refractivity (Wildman–Crippen MR) is 79.0 cm³/mol. The Bertz CT molecular complexity index is 652. The van der Waals surface area contributed by atoms with Crippen LogP contribution in [-0.2, 0) is 0 Å². The molecule has 0 saturated carbocycles. The largest absolute Gasteiger partial charge is 0.321 e. The molecular weight excluding hydrogens is 402 g/mol. The van der Waals surface area contributed by atoms with E-state index in [0.29, 0.717) is 14.6 Å².